The summed E-state index contributed by atoms with van der Waals surface area (Å²) in [7, 11) is 0. The first kappa shape index (κ1) is 17.5. The van der Waals surface area contributed by atoms with Crippen molar-refractivity contribution < 1.29 is 19.1 Å². The number of aryl methyl sites for hydroxylation is 1. The van der Waals surface area contributed by atoms with E-state index in [1.54, 1.807) is 13.0 Å². The largest absolute Gasteiger partial charge is 0.484 e. The van der Waals surface area contributed by atoms with Crippen LogP contribution in [0.5, 0.6) is 5.75 Å². The van der Waals surface area contributed by atoms with E-state index in [4.69, 9.17) is 9.47 Å². The average molecular weight is 359 g/mol. The van der Waals surface area contributed by atoms with Crippen LogP contribution in [-0.4, -0.2) is 25.1 Å². The summed E-state index contributed by atoms with van der Waals surface area (Å²) in [5.74, 6) is 0.382. The lowest BCUT2D eigenvalue weighted by Crippen LogP contribution is -2.21. The first-order valence-electron chi connectivity index (χ1n) is 8.36. The highest BCUT2D eigenvalue weighted by Crippen LogP contribution is 2.46. The Labute approximate surface area is 151 Å². The fourth-order valence-electron chi connectivity index (χ4n) is 2.59. The van der Waals surface area contributed by atoms with E-state index in [1.807, 2.05) is 30.5 Å². The van der Waals surface area contributed by atoms with Crippen LogP contribution in [0.25, 0.3) is 0 Å². The molecule has 0 unspecified atom stereocenters. The van der Waals surface area contributed by atoms with E-state index < -0.39 is 0 Å². The molecule has 6 heteroatoms. The Balaban J connectivity index is 1.67. The molecular weight excluding hydrogens is 338 g/mol. The number of carbonyl (C=O) groups excluding carboxylic acids is 2. The molecule has 1 heterocycles. The molecule has 1 N–H and O–H groups in total. The van der Waals surface area contributed by atoms with Gasteiger partial charge in [-0.1, -0.05) is 12.1 Å². The molecule has 1 aliphatic carbocycles. The second kappa shape index (κ2) is 7.70. The fourth-order valence-corrected chi connectivity index (χ4v) is 3.64. The van der Waals surface area contributed by atoms with Crippen LogP contribution in [-0.2, 0) is 9.53 Å². The molecule has 1 aromatic carbocycles. The molecule has 5 nitrogen and oxygen atoms in total. The maximum Gasteiger partial charge on any atom is 0.341 e. The second-order valence-electron chi connectivity index (χ2n) is 6.04. The average Bonchev–Trinajstić information content (AvgIpc) is 3.34. The summed E-state index contributed by atoms with van der Waals surface area (Å²) in [4.78, 5) is 24.5. The van der Waals surface area contributed by atoms with Crippen molar-refractivity contribution in [2.75, 3.05) is 18.5 Å². The molecule has 1 aliphatic rings. The van der Waals surface area contributed by atoms with E-state index in [1.165, 1.54) is 11.3 Å². The van der Waals surface area contributed by atoms with Crippen LogP contribution in [0.4, 0.5) is 5.00 Å². The molecule has 0 bridgehead atoms. The lowest BCUT2D eigenvalue weighted by molar-refractivity contribution is -0.118. The molecule has 0 aliphatic heterocycles. The van der Waals surface area contributed by atoms with Crippen LogP contribution in [0.1, 0.15) is 47.2 Å². The minimum absolute atomic E-state index is 0.109. The quantitative estimate of drug-likeness (QED) is 0.755. The molecule has 3 rings (SSSR count). The second-order valence-corrected chi connectivity index (χ2v) is 6.92. The first-order valence-corrected chi connectivity index (χ1v) is 9.24. The van der Waals surface area contributed by atoms with Gasteiger partial charge in [0.2, 0.25) is 0 Å². The van der Waals surface area contributed by atoms with Gasteiger partial charge in [0.15, 0.2) is 6.61 Å². The topological polar surface area (TPSA) is 64.6 Å². The van der Waals surface area contributed by atoms with Crippen molar-refractivity contribution in [1.82, 2.24) is 0 Å². The molecule has 132 valence electrons. The van der Waals surface area contributed by atoms with Crippen molar-refractivity contribution in [2.24, 2.45) is 0 Å². The van der Waals surface area contributed by atoms with Crippen LogP contribution in [0.15, 0.2) is 29.6 Å². The zero-order valence-corrected chi connectivity index (χ0v) is 15.2. The van der Waals surface area contributed by atoms with E-state index in [9.17, 15) is 9.59 Å². The number of nitrogens with one attached hydrogen (secondary N) is 1. The van der Waals surface area contributed by atoms with Gasteiger partial charge >= 0.3 is 5.97 Å². The van der Waals surface area contributed by atoms with Gasteiger partial charge in [0, 0.05) is 0 Å². The normalized spacial score (nSPS) is 13.4. The van der Waals surface area contributed by atoms with Gasteiger partial charge in [-0.25, -0.2) is 4.79 Å². The van der Waals surface area contributed by atoms with Crippen molar-refractivity contribution >= 4 is 28.2 Å². The Morgan fingerprint density at radius 2 is 2.12 bits per heavy atom. The zero-order valence-electron chi connectivity index (χ0n) is 14.3. The summed E-state index contributed by atoms with van der Waals surface area (Å²) >= 11 is 1.36. The van der Waals surface area contributed by atoms with Crippen LogP contribution in [0, 0.1) is 6.92 Å². The van der Waals surface area contributed by atoms with E-state index in [0.717, 1.165) is 24.0 Å². The molecular formula is C19H21NO4S. The lowest BCUT2D eigenvalue weighted by Gasteiger charge is -2.09. The third kappa shape index (κ3) is 4.39. The highest BCUT2D eigenvalue weighted by molar-refractivity contribution is 7.15. The number of esters is 1. The highest BCUT2D eigenvalue weighted by Gasteiger charge is 2.32. The molecule has 1 amide bonds. The maximum absolute atomic E-state index is 12.3. The SMILES string of the molecule is CCOC(=O)c1c(C2CC2)csc1NC(=O)COc1cccc(C)c1. The van der Waals surface area contributed by atoms with Gasteiger partial charge in [-0.3, -0.25) is 4.79 Å². The fraction of sp³-hybridized carbons (Fsp3) is 0.368. The number of amides is 1. The zero-order chi connectivity index (χ0) is 17.8. The van der Waals surface area contributed by atoms with E-state index >= 15 is 0 Å². The van der Waals surface area contributed by atoms with Crippen LogP contribution in [0.3, 0.4) is 0 Å². The number of thiophene rings is 1. The standard InChI is InChI=1S/C19H21NO4S/c1-3-23-19(22)17-15(13-7-8-13)11-25-18(17)20-16(21)10-24-14-6-4-5-12(2)9-14/h4-6,9,11,13H,3,7-8,10H2,1-2H3,(H,20,21). The van der Waals surface area contributed by atoms with Gasteiger partial charge in [0.05, 0.1) is 12.2 Å². The molecule has 0 radical (unpaired) electrons. The molecule has 1 saturated carbocycles. The van der Waals surface area contributed by atoms with Gasteiger partial charge < -0.3 is 14.8 Å². The lowest BCUT2D eigenvalue weighted by atomic mass is 10.1. The summed E-state index contributed by atoms with van der Waals surface area (Å²) < 4.78 is 10.7. The van der Waals surface area contributed by atoms with Gasteiger partial charge in [0.25, 0.3) is 5.91 Å². The third-order valence-electron chi connectivity index (χ3n) is 3.93. The summed E-state index contributed by atoms with van der Waals surface area (Å²) in [5, 5.41) is 5.28. The Hall–Kier alpha value is -2.34. The van der Waals surface area contributed by atoms with Crippen molar-refractivity contribution in [1.29, 1.82) is 0 Å². The maximum atomic E-state index is 12.3. The number of rotatable bonds is 7. The molecule has 25 heavy (non-hydrogen) atoms. The van der Waals surface area contributed by atoms with Crippen molar-refractivity contribution in [3.05, 3.63) is 46.3 Å². The summed E-state index contributed by atoms with van der Waals surface area (Å²) in [6.07, 6.45) is 2.15. The van der Waals surface area contributed by atoms with Crippen LogP contribution in [0.2, 0.25) is 0 Å². The number of carbonyl (C=O) groups is 2. The van der Waals surface area contributed by atoms with Crippen molar-refractivity contribution in [3.63, 3.8) is 0 Å². The van der Waals surface area contributed by atoms with Crippen LogP contribution >= 0.6 is 11.3 Å². The Morgan fingerprint density at radius 3 is 2.80 bits per heavy atom. The number of ether oxygens (including phenoxy) is 2. The van der Waals surface area contributed by atoms with Crippen molar-refractivity contribution in [3.8, 4) is 5.75 Å². The van der Waals surface area contributed by atoms with Crippen molar-refractivity contribution in [2.45, 2.75) is 32.6 Å². The number of anilines is 1. The number of hydrogen-bond donors (Lipinski definition) is 1. The summed E-state index contributed by atoms with van der Waals surface area (Å²) in [5.41, 5.74) is 2.55. The minimum atomic E-state index is -0.374. The summed E-state index contributed by atoms with van der Waals surface area (Å²) in [6.45, 7) is 3.93. The Bertz CT molecular complexity index is 779. The molecule has 0 atom stereocenters. The van der Waals surface area contributed by atoms with E-state index in [-0.39, 0.29) is 18.5 Å². The molecule has 0 spiro atoms. The highest BCUT2D eigenvalue weighted by atomic mass is 32.1. The monoisotopic (exact) mass is 359 g/mol. The first-order chi connectivity index (χ1) is 12.1. The van der Waals surface area contributed by atoms with E-state index in [2.05, 4.69) is 5.32 Å². The minimum Gasteiger partial charge on any atom is -0.484 e. The van der Waals surface area contributed by atoms with Gasteiger partial charge in [-0.2, -0.15) is 0 Å². The Morgan fingerprint density at radius 1 is 1.32 bits per heavy atom. The molecule has 2 aromatic rings. The van der Waals surface area contributed by atoms with Gasteiger partial charge in [0.1, 0.15) is 10.8 Å². The van der Waals surface area contributed by atoms with Crippen LogP contribution < -0.4 is 10.1 Å². The third-order valence-corrected chi connectivity index (χ3v) is 4.84. The van der Waals surface area contributed by atoms with Gasteiger partial charge in [-0.15, -0.1) is 11.3 Å². The van der Waals surface area contributed by atoms with Gasteiger partial charge in [-0.05, 0) is 61.2 Å². The molecule has 0 saturated heterocycles. The predicted molar refractivity (Wildman–Crippen MR) is 97.6 cm³/mol. The summed E-state index contributed by atoms with van der Waals surface area (Å²) in [6, 6.07) is 7.51. The predicted octanol–water partition coefficient (Wildman–Crippen LogP) is 4.13. The molecule has 1 aromatic heterocycles. The molecule has 1 fully saturated rings. The number of hydrogen-bond acceptors (Lipinski definition) is 5. The Kier molecular flexibility index (Phi) is 5.38. The smallest absolute Gasteiger partial charge is 0.341 e. The number of benzene rings is 1. The van der Waals surface area contributed by atoms with E-state index in [0.29, 0.717) is 28.8 Å².